The summed E-state index contributed by atoms with van der Waals surface area (Å²) in [5.74, 6) is 0.831. The third-order valence-corrected chi connectivity index (χ3v) is 6.62. The van der Waals surface area contributed by atoms with Crippen LogP contribution < -0.4 is 35.9 Å². The Bertz CT molecular complexity index is 1410. The summed E-state index contributed by atoms with van der Waals surface area (Å²) in [7, 11) is 4.88. The van der Waals surface area contributed by atoms with Crippen molar-refractivity contribution in [2.75, 3.05) is 52.8 Å². The number of ether oxygens (including phenoxy) is 3. The van der Waals surface area contributed by atoms with Gasteiger partial charge in [-0.2, -0.15) is 0 Å². The standard InChI is InChI=1S/C33H43N5O6/c1-23-12-13-25(29(20-23)44-18-8-7-17-35-33(41)38(2)3)22-36-31(39)24-14-15-27(30(21-24)42-4)37-32(40)26-10-5-6-11-28(26)43-19-9-16-34/h5-6,10-15,20-21H,7-9,16-19,22,34H2,1-4H3,(H,35,41)(H,36,39)(H,37,40). The monoisotopic (exact) mass is 605 g/mol. The maximum atomic E-state index is 13.1. The van der Waals surface area contributed by atoms with E-state index in [0.717, 1.165) is 24.0 Å². The van der Waals surface area contributed by atoms with Crippen LogP contribution in [0, 0.1) is 6.92 Å². The van der Waals surface area contributed by atoms with Gasteiger partial charge in [0.15, 0.2) is 0 Å². The Morgan fingerprint density at radius 2 is 1.57 bits per heavy atom. The number of benzene rings is 3. The van der Waals surface area contributed by atoms with Crippen molar-refractivity contribution in [2.24, 2.45) is 5.73 Å². The molecule has 0 saturated heterocycles. The number of nitrogens with two attached hydrogens (primary N) is 1. The zero-order chi connectivity index (χ0) is 31.9. The smallest absolute Gasteiger partial charge is 0.316 e. The highest BCUT2D eigenvalue weighted by Gasteiger charge is 2.17. The van der Waals surface area contributed by atoms with E-state index in [1.807, 2.05) is 25.1 Å². The molecule has 3 aromatic carbocycles. The van der Waals surface area contributed by atoms with Gasteiger partial charge < -0.3 is 40.8 Å². The Labute approximate surface area is 259 Å². The number of carbonyl (C=O) groups excluding carboxylic acids is 3. The second-order valence-electron chi connectivity index (χ2n) is 10.3. The first-order valence-corrected chi connectivity index (χ1v) is 14.6. The summed E-state index contributed by atoms with van der Waals surface area (Å²) < 4.78 is 17.2. The van der Waals surface area contributed by atoms with E-state index in [0.29, 0.717) is 66.8 Å². The molecule has 3 aromatic rings. The SMILES string of the molecule is COc1cc(C(=O)NCc2ccc(C)cc2OCCCCNC(=O)N(C)C)ccc1NC(=O)c1ccccc1OCCCN. The molecule has 0 aliphatic heterocycles. The minimum absolute atomic E-state index is 0.120. The molecule has 11 nitrogen and oxygen atoms in total. The first kappa shape index (κ1) is 33.7. The summed E-state index contributed by atoms with van der Waals surface area (Å²) in [5.41, 5.74) is 8.60. The molecule has 3 rings (SSSR count). The number of nitrogens with zero attached hydrogens (tertiary/aromatic N) is 1. The van der Waals surface area contributed by atoms with Crippen molar-refractivity contribution < 1.29 is 28.6 Å². The highest BCUT2D eigenvalue weighted by Crippen LogP contribution is 2.28. The molecule has 0 unspecified atom stereocenters. The van der Waals surface area contributed by atoms with Gasteiger partial charge in [-0.3, -0.25) is 9.59 Å². The summed E-state index contributed by atoms with van der Waals surface area (Å²) in [5, 5.41) is 8.62. The van der Waals surface area contributed by atoms with Crippen LogP contribution in [0.25, 0.3) is 0 Å². The van der Waals surface area contributed by atoms with Crippen LogP contribution in [0.5, 0.6) is 17.2 Å². The molecule has 0 aliphatic rings. The lowest BCUT2D eigenvalue weighted by Gasteiger charge is -2.15. The van der Waals surface area contributed by atoms with Crippen LogP contribution in [0.1, 0.15) is 51.1 Å². The zero-order valence-corrected chi connectivity index (χ0v) is 25.9. The van der Waals surface area contributed by atoms with Crippen LogP contribution in [0.3, 0.4) is 0 Å². The van der Waals surface area contributed by atoms with Crippen molar-refractivity contribution in [1.29, 1.82) is 0 Å². The van der Waals surface area contributed by atoms with Crippen molar-refractivity contribution in [2.45, 2.75) is 32.7 Å². The van der Waals surface area contributed by atoms with Gasteiger partial charge in [-0.1, -0.05) is 24.3 Å². The number of urea groups is 1. The van der Waals surface area contributed by atoms with Crippen LogP contribution >= 0.6 is 0 Å². The van der Waals surface area contributed by atoms with Crippen molar-refractivity contribution in [3.8, 4) is 17.2 Å². The normalized spacial score (nSPS) is 10.5. The number of unbranched alkanes of at least 4 members (excludes halogenated alkanes) is 1. The molecule has 11 heteroatoms. The second kappa shape index (κ2) is 17.4. The molecule has 0 fully saturated rings. The average molecular weight is 606 g/mol. The van der Waals surface area contributed by atoms with E-state index < -0.39 is 0 Å². The molecule has 0 radical (unpaired) electrons. The van der Waals surface area contributed by atoms with Crippen molar-refractivity contribution >= 4 is 23.5 Å². The number of anilines is 1. The minimum Gasteiger partial charge on any atom is -0.495 e. The van der Waals surface area contributed by atoms with Crippen molar-refractivity contribution in [1.82, 2.24) is 15.5 Å². The molecule has 0 aliphatic carbocycles. The molecule has 0 spiro atoms. The summed E-state index contributed by atoms with van der Waals surface area (Å²) >= 11 is 0. The molecule has 5 N–H and O–H groups in total. The van der Waals surface area contributed by atoms with E-state index in [-0.39, 0.29) is 24.4 Å². The third kappa shape index (κ3) is 10.2. The van der Waals surface area contributed by atoms with E-state index in [4.69, 9.17) is 19.9 Å². The number of para-hydroxylation sites is 1. The first-order chi connectivity index (χ1) is 21.2. The Balaban J connectivity index is 1.59. The average Bonchev–Trinajstić information content (AvgIpc) is 3.02. The molecule has 0 atom stereocenters. The van der Waals surface area contributed by atoms with E-state index in [2.05, 4.69) is 16.0 Å². The maximum absolute atomic E-state index is 13.1. The summed E-state index contributed by atoms with van der Waals surface area (Å²) in [4.78, 5) is 39.3. The predicted octanol–water partition coefficient (Wildman–Crippen LogP) is 4.34. The number of amides is 4. The molecular formula is C33H43N5O6. The number of carbonyl (C=O) groups is 3. The third-order valence-electron chi connectivity index (χ3n) is 6.62. The fourth-order valence-electron chi connectivity index (χ4n) is 4.15. The number of aryl methyl sites for hydroxylation is 1. The van der Waals surface area contributed by atoms with Crippen LogP contribution in [0.2, 0.25) is 0 Å². The van der Waals surface area contributed by atoms with Crippen LogP contribution in [0.15, 0.2) is 60.7 Å². The molecule has 4 amide bonds. The Hall–Kier alpha value is -4.77. The van der Waals surface area contributed by atoms with Crippen LogP contribution in [0.4, 0.5) is 10.5 Å². The van der Waals surface area contributed by atoms with Crippen molar-refractivity contribution in [3.63, 3.8) is 0 Å². The Morgan fingerprint density at radius 1 is 0.818 bits per heavy atom. The van der Waals surface area contributed by atoms with E-state index >= 15 is 0 Å². The Kier molecular flexibility index (Phi) is 13.3. The Morgan fingerprint density at radius 3 is 2.32 bits per heavy atom. The van der Waals surface area contributed by atoms with Gasteiger partial charge in [0.2, 0.25) is 0 Å². The number of hydrogen-bond donors (Lipinski definition) is 4. The van der Waals surface area contributed by atoms with Gasteiger partial charge in [-0.15, -0.1) is 0 Å². The predicted molar refractivity (Wildman–Crippen MR) is 171 cm³/mol. The van der Waals surface area contributed by atoms with E-state index in [1.165, 1.54) is 12.0 Å². The number of nitrogens with one attached hydrogen (secondary N) is 3. The second-order valence-corrected chi connectivity index (χ2v) is 10.3. The molecule has 0 aromatic heterocycles. The van der Waals surface area contributed by atoms with Gasteiger partial charge in [0.25, 0.3) is 11.8 Å². The van der Waals surface area contributed by atoms with Gasteiger partial charge in [0, 0.05) is 38.3 Å². The zero-order valence-electron chi connectivity index (χ0n) is 25.9. The minimum atomic E-state index is -0.367. The first-order valence-electron chi connectivity index (χ1n) is 14.6. The summed E-state index contributed by atoms with van der Waals surface area (Å²) in [6, 6.07) is 17.5. The van der Waals surface area contributed by atoms with Crippen molar-refractivity contribution in [3.05, 3.63) is 82.9 Å². The fourth-order valence-corrected chi connectivity index (χ4v) is 4.15. The quantitative estimate of drug-likeness (QED) is 0.178. The van der Waals surface area contributed by atoms with Gasteiger partial charge in [-0.25, -0.2) is 4.79 Å². The highest BCUT2D eigenvalue weighted by molar-refractivity contribution is 6.07. The van der Waals surface area contributed by atoms with Gasteiger partial charge in [0.1, 0.15) is 17.2 Å². The molecule has 236 valence electrons. The highest BCUT2D eigenvalue weighted by atomic mass is 16.5. The molecule has 44 heavy (non-hydrogen) atoms. The fraction of sp³-hybridized carbons (Fsp3) is 0.364. The topological polar surface area (TPSA) is 144 Å². The summed E-state index contributed by atoms with van der Waals surface area (Å²) in [6.07, 6.45) is 2.22. The number of hydrogen-bond acceptors (Lipinski definition) is 7. The lowest BCUT2D eigenvalue weighted by Crippen LogP contribution is -2.35. The van der Waals surface area contributed by atoms with Crippen LogP contribution in [-0.2, 0) is 6.54 Å². The summed E-state index contributed by atoms with van der Waals surface area (Å²) in [6.45, 7) is 4.19. The number of rotatable bonds is 16. The maximum Gasteiger partial charge on any atom is 0.316 e. The molecule has 0 saturated carbocycles. The van der Waals surface area contributed by atoms with E-state index in [9.17, 15) is 14.4 Å². The van der Waals surface area contributed by atoms with Gasteiger partial charge in [0.05, 0.1) is 31.6 Å². The molecule has 0 bridgehead atoms. The van der Waals surface area contributed by atoms with Gasteiger partial charge in [-0.05, 0) is 74.7 Å². The molecule has 0 heterocycles. The lowest BCUT2D eigenvalue weighted by atomic mass is 10.1. The molecular weight excluding hydrogens is 562 g/mol. The van der Waals surface area contributed by atoms with Crippen LogP contribution in [-0.4, -0.2) is 70.3 Å². The number of methoxy groups -OCH3 is 1. The van der Waals surface area contributed by atoms with Gasteiger partial charge >= 0.3 is 6.03 Å². The lowest BCUT2D eigenvalue weighted by molar-refractivity contribution is 0.0949. The largest absolute Gasteiger partial charge is 0.495 e. The van der Waals surface area contributed by atoms with E-state index in [1.54, 1.807) is 56.6 Å².